The maximum atomic E-state index is 12.2. The van der Waals surface area contributed by atoms with Gasteiger partial charge in [0.25, 0.3) is 0 Å². The molecule has 0 heterocycles. The molecule has 0 aliphatic heterocycles. The highest BCUT2D eigenvalue weighted by Gasteiger charge is 2.34. The number of carbonyl (C=O) groups is 2. The van der Waals surface area contributed by atoms with Crippen LogP contribution in [0.5, 0.6) is 0 Å². The van der Waals surface area contributed by atoms with E-state index in [1.165, 1.54) is 38.5 Å². The lowest BCUT2D eigenvalue weighted by molar-refractivity contribution is -0.174. The number of aliphatic hydroxyl groups is 5. The van der Waals surface area contributed by atoms with Gasteiger partial charge in [-0.1, -0.05) is 70.4 Å². The van der Waals surface area contributed by atoms with Gasteiger partial charge >= 0.3 is 11.9 Å². The Morgan fingerprint density at radius 1 is 0.750 bits per heavy atom. The third-order valence-electron chi connectivity index (χ3n) is 5.47. The lowest BCUT2D eigenvalue weighted by Gasteiger charge is -2.24. The van der Waals surface area contributed by atoms with E-state index in [9.17, 15) is 24.9 Å². The minimum Gasteiger partial charge on any atom is -0.394 e. The highest BCUT2D eigenvalue weighted by atomic mass is 16.6. The van der Waals surface area contributed by atoms with Gasteiger partial charge in [0.1, 0.15) is 6.10 Å². The summed E-state index contributed by atoms with van der Waals surface area (Å²) >= 11 is 0. The normalized spacial score (nSPS) is 15.4. The maximum absolute atomic E-state index is 12.2. The van der Waals surface area contributed by atoms with Gasteiger partial charge in [-0.3, -0.25) is 4.79 Å². The fourth-order valence-electron chi connectivity index (χ4n) is 3.38. The van der Waals surface area contributed by atoms with Gasteiger partial charge in [-0.25, -0.2) is 4.79 Å². The van der Waals surface area contributed by atoms with E-state index in [1.807, 2.05) is 0 Å². The van der Waals surface area contributed by atoms with Crippen LogP contribution in [0.1, 0.15) is 90.4 Å². The molecule has 4 atom stereocenters. The summed E-state index contributed by atoms with van der Waals surface area (Å²) in [5.74, 6) is -3.63. The summed E-state index contributed by atoms with van der Waals surface area (Å²) in [7, 11) is 0. The van der Waals surface area contributed by atoms with E-state index in [0.29, 0.717) is 6.42 Å². The molecule has 0 bridgehead atoms. The molecule has 4 unspecified atom stereocenters. The van der Waals surface area contributed by atoms with E-state index in [-0.39, 0.29) is 6.42 Å². The molecule has 8 nitrogen and oxygen atoms in total. The van der Waals surface area contributed by atoms with Crippen molar-refractivity contribution in [1.82, 2.24) is 0 Å². The Labute approximate surface area is 192 Å². The molecule has 0 aromatic heterocycles. The Balaban J connectivity index is 4.17. The number of unbranched alkanes of at least 4 members (excludes halogenated alkanes) is 10. The number of carbonyl (C=O) groups excluding carboxylic acids is 2. The van der Waals surface area contributed by atoms with Crippen LogP contribution in [0.2, 0.25) is 0 Å². The SMILES string of the molecule is CCCCCCCC/C=C\CCCCCCC(C(=O)OC(=O)C(O)CO)C(O)C(O)CO. The summed E-state index contributed by atoms with van der Waals surface area (Å²) in [6.45, 7) is 0.574. The largest absolute Gasteiger partial charge is 0.394 e. The monoisotopic (exact) mass is 460 g/mol. The van der Waals surface area contributed by atoms with E-state index in [1.54, 1.807) is 0 Å². The van der Waals surface area contributed by atoms with Crippen LogP contribution in [0, 0.1) is 5.92 Å². The van der Waals surface area contributed by atoms with Crippen molar-refractivity contribution in [3.05, 3.63) is 12.2 Å². The van der Waals surface area contributed by atoms with Crippen LogP contribution in [0.15, 0.2) is 12.2 Å². The third kappa shape index (κ3) is 14.7. The van der Waals surface area contributed by atoms with Gasteiger partial charge in [-0.05, 0) is 32.1 Å². The number of allylic oxidation sites excluding steroid dienone is 2. The van der Waals surface area contributed by atoms with Crippen LogP contribution < -0.4 is 0 Å². The summed E-state index contributed by atoms with van der Waals surface area (Å²) in [5.41, 5.74) is 0. The van der Waals surface area contributed by atoms with Gasteiger partial charge in [-0.2, -0.15) is 0 Å². The Morgan fingerprint density at radius 2 is 1.28 bits per heavy atom. The Bertz CT molecular complexity index is 508. The van der Waals surface area contributed by atoms with Crippen LogP contribution in [0.3, 0.4) is 0 Å². The topological polar surface area (TPSA) is 145 Å². The van der Waals surface area contributed by atoms with E-state index >= 15 is 0 Å². The fraction of sp³-hybridized carbons (Fsp3) is 0.833. The van der Waals surface area contributed by atoms with Crippen molar-refractivity contribution in [1.29, 1.82) is 0 Å². The molecule has 0 aromatic rings. The lowest BCUT2D eigenvalue weighted by atomic mass is 9.92. The molecule has 0 rings (SSSR count). The molecule has 32 heavy (non-hydrogen) atoms. The highest BCUT2D eigenvalue weighted by Crippen LogP contribution is 2.20. The quantitative estimate of drug-likeness (QED) is 0.0806. The van der Waals surface area contributed by atoms with E-state index in [4.69, 9.17) is 10.2 Å². The molecule has 0 radical (unpaired) electrons. The minimum atomic E-state index is -1.85. The van der Waals surface area contributed by atoms with Crippen molar-refractivity contribution in [3.63, 3.8) is 0 Å². The zero-order valence-electron chi connectivity index (χ0n) is 19.5. The van der Waals surface area contributed by atoms with Gasteiger partial charge in [0.15, 0.2) is 6.10 Å². The van der Waals surface area contributed by atoms with Crippen LogP contribution in [-0.4, -0.2) is 69.0 Å². The number of aliphatic hydroxyl groups excluding tert-OH is 5. The first-order valence-corrected chi connectivity index (χ1v) is 12.0. The average molecular weight is 461 g/mol. The molecule has 0 aromatic carbocycles. The van der Waals surface area contributed by atoms with E-state index in [2.05, 4.69) is 23.8 Å². The molecule has 8 heteroatoms. The van der Waals surface area contributed by atoms with Crippen molar-refractivity contribution in [2.24, 2.45) is 5.92 Å². The molecular weight excluding hydrogens is 416 g/mol. The fourth-order valence-corrected chi connectivity index (χ4v) is 3.38. The summed E-state index contributed by atoms with van der Waals surface area (Å²) in [6.07, 6.45) is 12.7. The second kappa shape index (κ2) is 20.3. The van der Waals surface area contributed by atoms with Crippen LogP contribution in [0.25, 0.3) is 0 Å². The molecule has 0 aliphatic rings. The van der Waals surface area contributed by atoms with Crippen molar-refractivity contribution in [3.8, 4) is 0 Å². The molecule has 0 saturated carbocycles. The average Bonchev–Trinajstić information content (AvgIpc) is 2.79. The molecule has 0 saturated heterocycles. The Kier molecular flexibility index (Phi) is 19.5. The summed E-state index contributed by atoms with van der Waals surface area (Å²) in [4.78, 5) is 23.7. The lowest BCUT2D eigenvalue weighted by Crippen LogP contribution is -2.42. The second-order valence-electron chi connectivity index (χ2n) is 8.30. The van der Waals surface area contributed by atoms with Gasteiger partial charge in [-0.15, -0.1) is 0 Å². The zero-order valence-corrected chi connectivity index (χ0v) is 19.5. The summed E-state index contributed by atoms with van der Waals surface area (Å²) in [6, 6.07) is 0. The first-order valence-electron chi connectivity index (χ1n) is 12.0. The maximum Gasteiger partial charge on any atom is 0.345 e. The first kappa shape index (κ1) is 30.7. The van der Waals surface area contributed by atoms with Crippen molar-refractivity contribution in [2.75, 3.05) is 13.2 Å². The van der Waals surface area contributed by atoms with Crippen molar-refractivity contribution >= 4 is 11.9 Å². The van der Waals surface area contributed by atoms with Crippen molar-refractivity contribution in [2.45, 2.75) is 109 Å². The van der Waals surface area contributed by atoms with Crippen LogP contribution in [0.4, 0.5) is 0 Å². The predicted molar refractivity (Wildman–Crippen MR) is 122 cm³/mol. The standard InChI is InChI=1S/C24H44O8/c1-2-3-4-5-6-7-8-9-10-11-12-13-14-15-16-19(22(29)20(27)17-25)23(30)32-24(31)21(28)18-26/h9-10,19-22,25-29H,2-8,11-18H2,1H3/b10-9-. The predicted octanol–water partition coefficient (Wildman–Crippen LogP) is 2.39. The number of esters is 2. The van der Waals surface area contributed by atoms with Crippen molar-refractivity contribution < 1.29 is 39.9 Å². The van der Waals surface area contributed by atoms with Gasteiger partial charge < -0.3 is 30.3 Å². The molecule has 188 valence electrons. The van der Waals surface area contributed by atoms with Gasteiger partial charge in [0, 0.05) is 0 Å². The molecular formula is C24H44O8. The summed E-state index contributed by atoms with van der Waals surface area (Å²) < 4.78 is 4.50. The number of ether oxygens (including phenoxy) is 1. The molecule has 0 amide bonds. The molecule has 0 aliphatic carbocycles. The van der Waals surface area contributed by atoms with E-state index < -0.39 is 49.4 Å². The smallest absolute Gasteiger partial charge is 0.345 e. The zero-order chi connectivity index (χ0) is 24.2. The van der Waals surface area contributed by atoms with E-state index in [0.717, 1.165) is 32.1 Å². The molecule has 0 fully saturated rings. The first-order chi connectivity index (χ1) is 15.4. The highest BCUT2D eigenvalue weighted by molar-refractivity contribution is 5.89. The van der Waals surface area contributed by atoms with Gasteiger partial charge in [0.2, 0.25) is 0 Å². The molecule has 0 spiro atoms. The summed E-state index contributed by atoms with van der Waals surface area (Å²) in [5, 5.41) is 46.8. The van der Waals surface area contributed by atoms with Crippen LogP contribution >= 0.6 is 0 Å². The Morgan fingerprint density at radius 3 is 1.81 bits per heavy atom. The minimum absolute atomic E-state index is 0.160. The Hall–Kier alpha value is -1.32. The van der Waals surface area contributed by atoms with Gasteiger partial charge in [0.05, 0.1) is 25.2 Å². The number of hydrogen-bond donors (Lipinski definition) is 5. The molecule has 5 N–H and O–H groups in total. The second-order valence-corrected chi connectivity index (χ2v) is 8.30. The number of rotatable bonds is 20. The third-order valence-corrected chi connectivity index (χ3v) is 5.47. The van der Waals surface area contributed by atoms with Crippen LogP contribution in [-0.2, 0) is 14.3 Å². The number of hydrogen-bond acceptors (Lipinski definition) is 8.